The number of hydrogen-bond acceptors (Lipinski definition) is 2. The second-order valence-corrected chi connectivity index (χ2v) is 7.35. The zero-order valence-electron chi connectivity index (χ0n) is 16.6. The molecule has 3 aromatic rings. The summed E-state index contributed by atoms with van der Waals surface area (Å²) >= 11 is 0. The topological polar surface area (TPSA) is 38.3 Å². The van der Waals surface area contributed by atoms with Gasteiger partial charge in [0.25, 0.3) is 0 Å². The predicted octanol–water partition coefficient (Wildman–Crippen LogP) is 5.94. The molecular formula is C26H25NO2. The Morgan fingerprint density at radius 3 is 2.21 bits per heavy atom. The van der Waals surface area contributed by atoms with Gasteiger partial charge < -0.3 is 10.1 Å². The summed E-state index contributed by atoms with van der Waals surface area (Å²) in [6.07, 6.45) is 4.53. The molecule has 0 saturated carbocycles. The van der Waals surface area contributed by atoms with E-state index in [0.29, 0.717) is 13.2 Å². The maximum absolute atomic E-state index is 12.1. The lowest BCUT2D eigenvalue weighted by molar-refractivity contribution is 0.143. The molecule has 29 heavy (non-hydrogen) atoms. The normalized spacial score (nSPS) is 12.6. The molecule has 1 amide bonds. The highest BCUT2D eigenvalue weighted by atomic mass is 16.5. The summed E-state index contributed by atoms with van der Waals surface area (Å²) in [6.45, 7) is 2.98. The molecule has 3 heteroatoms. The number of carbonyl (C=O) groups excluding carboxylic acids is 1. The van der Waals surface area contributed by atoms with E-state index in [-0.39, 0.29) is 12.0 Å². The van der Waals surface area contributed by atoms with Gasteiger partial charge in [-0.3, -0.25) is 0 Å². The highest BCUT2D eigenvalue weighted by Gasteiger charge is 2.28. The van der Waals surface area contributed by atoms with Crippen LogP contribution in [0.3, 0.4) is 0 Å². The summed E-state index contributed by atoms with van der Waals surface area (Å²) in [7, 11) is 0. The molecule has 1 aliphatic carbocycles. The molecule has 0 radical (unpaired) electrons. The van der Waals surface area contributed by atoms with Crippen LogP contribution in [0.1, 0.15) is 34.6 Å². The molecule has 3 nitrogen and oxygen atoms in total. The van der Waals surface area contributed by atoms with E-state index in [1.807, 2.05) is 12.1 Å². The largest absolute Gasteiger partial charge is 0.449 e. The molecule has 4 rings (SSSR count). The summed E-state index contributed by atoms with van der Waals surface area (Å²) in [5.41, 5.74) is 7.33. The van der Waals surface area contributed by atoms with Gasteiger partial charge in [0.2, 0.25) is 0 Å². The van der Waals surface area contributed by atoms with Crippen LogP contribution in [0.25, 0.3) is 17.2 Å². The molecule has 0 fully saturated rings. The lowest BCUT2D eigenvalue weighted by Gasteiger charge is -2.14. The summed E-state index contributed by atoms with van der Waals surface area (Å²) in [5.74, 6) is 0.0922. The number of aryl methyl sites for hydroxylation is 1. The number of rotatable bonds is 6. The number of ether oxygens (including phenoxy) is 1. The van der Waals surface area contributed by atoms with Crippen molar-refractivity contribution in [1.29, 1.82) is 0 Å². The minimum atomic E-state index is -0.365. The van der Waals surface area contributed by atoms with Gasteiger partial charge in [0.1, 0.15) is 6.61 Å². The third-order valence-electron chi connectivity index (χ3n) is 5.31. The van der Waals surface area contributed by atoms with Crippen LogP contribution in [0.4, 0.5) is 4.79 Å². The van der Waals surface area contributed by atoms with Crippen molar-refractivity contribution in [3.63, 3.8) is 0 Å². The number of amides is 1. The number of alkyl carbamates (subject to hydrolysis) is 1. The predicted molar refractivity (Wildman–Crippen MR) is 118 cm³/mol. The first-order chi connectivity index (χ1) is 14.2. The molecule has 0 aromatic heterocycles. The summed E-state index contributed by atoms with van der Waals surface area (Å²) in [4.78, 5) is 12.1. The summed E-state index contributed by atoms with van der Waals surface area (Å²) in [6, 6.07) is 25.1. The summed E-state index contributed by atoms with van der Waals surface area (Å²) < 4.78 is 5.54. The lowest BCUT2D eigenvalue weighted by Crippen LogP contribution is -2.26. The van der Waals surface area contributed by atoms with E-state index in [1.54, 1.807) is 0 Å². The second kappa shape index (κ2) is 8.78. The van der Waals surface area contributed by atoms with Gasteiger partial charge in [-0.1, -0.05) is 90.5 Å². The maximum Gasteiger partial charge on any atom is 0.407 e. The van der Waals surface area contributed by atoms with Gasteiger partial charge in [-0.05, 0) is 41.2 Å². The van der Waals surface area contributed by atoms with Crippen LogP contribution < -0.4 is 5.32 Å². The Balaban J connectivity index is 1.27. The first kappa shape index (κ1) is 19.0. The van der Waals surface area contributed by atoms with E-state index in [9.17, 15) is 4.79 Å². The molecule has 3 aromatic carbocycles. The fraction of sp³-hybridized carbons (Fsp3) is 0.192. The Morgan fingerprint density at radius 2 is 1.55 bits per heavy atom. The zero-order chi connectivity index (χ0) is 20.1. The molecule has 0 saturated heterocycles. The number of hydrogen-bond donors (Lipinski definition) is 1. The van der Waals surface area contributed by atoms with Crippen molar-refractivity contribution in [2.24, 2.45) is 0 Å². The minimum absolute atomic E-state index is 0.0922. The zero-order valence-corrected chi connectivity index (χ0v) is 16.6. The van der Waals surface area contributed by atoms with Crippen molar-refractivity contribution in [2.45, 2.75) is 19.3 Å². The van der Waals surface area contributed by atoms with Crippen LogP contribution >= 0.6 is 0 Å². The van der Waals surface area contributed by atoms with Crippen molar-refractivity contribution in [3.05, 3.63) is 101 Å². The first-order valence-corrected chi connectivity index (χ1v) is 10.0. The Bertz CT molecular complexity index is 975. The molecule has 0 aliphatic heterocycles. The fourth-order valence-corrected chi connectivity index (χ4v) is 3.80. The maximum atomic E-state index is 12.1. The Morgan fingerprint density at radius 1 is 0.931 bits per heavy atom. The van der Waals surface area contributed by atoms with E-state index in [0.717, 1.165) is 12.0 Å². The van der Waals surface area contributed by atoms with Crippen LogP contribution in [0, 0.1) is 6.92 Å². The van der Waals surface area contributed by atoms with Crippen molar-refractivity contribution >= 4 is 12.2 Å². The third-order valence-corrected chi connectivity index (χ3v) is 5.31. The van der Waals surface area contributed by atoms with E-state index in [4.69, 9.17) is 4.74 Å². The number of benzene rings is 3. The van der Waals surface area contributed by atoms with Gasteiger partial charge in [0.15, 0.2) is 0 Å². The molecule has 0 spiro atoms. The fourth-order valence-electron chi connectivity index (χ4n) is 3.80. The molecule has 1 N–H and O–H groups in total. The van der Waals surface area contributed by atoms with Gasteiger partial charge in [0.05, 0.1) is 0 Å². The summed E-state index contributed by atoms with van der Waals surface area (Å²) in [5, 5.41) is 2.84. The van der Waals surface area contributed by atoms with E-state index >= 15 is 0 Å². The molecular weight excluding hydrogens is 358 g/mol. The van der Waals surface area contributed by atoms with Crippen molar-refractivity contribution in [2.75, 3.05) is 13.2 Å². The molecule has 0 unspecified atom stereocenters. The van der Waals surface area contributed by atoms with Gasteiger partial charge >= 0.3 is 6.09 Å². The molecule has 0 bridgehead atoms. The number of fused-ring (bicyclic) bond motifs is 3. The Kier molecular flexibility index (Phi) is 5.76. The average molecular weight is 383 g/mol. The third kappa shape index (κ3) is 4.40. The van der Waals surface area contributed by atoms with Crippen LogP contribution in [0.15, 0.2) is 78.9 Å². The monoisotopic (exact) mass is 383 g/mol. The van der Waals surface area contributed by atoms with Crippen molar-refractivity contribution in [3.8, 4) is 11.1 Å². The van der Waals surface area contributed by atoms with E-state index in [2.05, 4.69) is 85.1 Å². The molecule has 1 aliphatic rings. The highest BCUT2D eigenvalue weighted by Crippen LogP contribution is 2.44. The van der Waals surface area contributed by atoms with E-state index in [1.165, 1.54) is 27.8 Å². The lowest BCUT2D eigenvalue weighted by atomic mass is 9.98. The van der Waals surface area contributed by atoms with Gasteiger partial charge in [-0.2, -0.15) is 0 Å². The molecule has 146 valence electrons. The van der Waals surface area contributed by atoms with Crippen LogP contribution in [0.2, 0.25) is 0 Å². The van der Waals surface area contributed by atoms with E-state index < -0.39 is 0 Å². The number of carbonyl (C=O) groups is 1. The van der Waals surface area contributed by atoms with Gasteiger partial charge in [0, 0.05) is 12.5 Å². The standard InChI is InChI=1S/C26H25NO2/c1-19-13-15-20(16-14-19)8-6-7-17-27-26(28)29-18-25-23-11-4-2-9-21(23)22-10-3-5-12-24(22)25/h2-6,8-16,25H,7,17-18H2,1H3,(H,27,28). The molecule has 0 heterocycles. The average Bonchev–Trinajstić information content (AvgIpc) is 3.07. The SMILES string of the molecule is Cc1ccc(C=CCCNC(=O)OCC2c3ccccc3-c3ccccc32)cc1. The highest BCUT2D eigenvalue weighted by molar-refractivity contribution is 5.79. The Labute approximate surface area is 172 Å². The van der Waals surface area contributed by atoms with Crippen LogP contribution in [-0.4, -0.2) is 19.2 Å². The van der Waals surface area contributed by atoms with Crippen LogP contribution in [-0.2, 0) is 4.74 Å². The Hall–Kier alpha value is -3.33. The quantitative estimate of drug-likeness (QED) is 0.535. The smallest absolute Gasteiger partial charge is 0.407 e. The second-order valence-electron chi connectivity index (χ2n) is 7.35. The minimum Gasteiger partial charge on any atom is -0.449 e. The van der Waals surface area contributed by atoms with Gasteiger partial charge in [-0.25, -0.2) is 4.79 Å². The molecule has 0 atom stereocenters. The first-order valence-electron chi connectivity index (χ1n) is 10.0. The van der Waals surface area contributed by atoms with Crippen molar-refractivity contribution in [1.82, 2.24) is 5.32 Å². The van der Waals surface area contributed by atoms with Crippen molar-refractivity contribution < 1.29 is 9.53 Å². The van der Waals surface area contributed by atoms with Crippen LogP contribution in [0.5, 0.6) is 0 Å². The number of nitrogens with one attached hydrogen (secondary N) is 1. The van der Waals surface area contributed by atoms with Gasteiger partial charge in [-0.15, -0.1) is 0 Å².